The molecule has 1 aliphatic heterocycles. The number of anilines is 1. The Bertz CT molecular complexity index is 365. The van der Waals surface area contributed by atoms with Crippen LogP contribution < -0.4 is 11.1 Å². The molecule has 1 saturated heterocycles. The Morgan fingerprint density at radius 3 is 3.27 bits per heavy atom. The summed E-state index contributed by atoms with van der Waals surface area (Å²) in [5, 5.41) is 5.35. The summed E-state index contributed by atoms with van der Waals surface area (Å²) >= 11 is 1.43. The van der Waals surface area contributed by atoms with Crippen LogP contribution in [0.5, 0.6) is 0 Å². The van der Waals surface area contributed by atoms with E-state index in [1.54, 1.807) is 0 Å². The molecule has 2 heterocycles. The number of rotatable bonds is 2. The lowest BCUT2D eigenvalue weighted by atomic mass is 10.2. The van der Waals surface area contributed by atoms with E-state index in [0.717, 1.165) is 12.2 Å². The molecule has 3 N–H and O–H groups in total. The van der Waals surface area contributed by atoms with Crippen LogP contribution in [0.4, 0.5) is 5.13 Å². The molecule has 1 unspecified atom stereocenters. The Balaban J connectivity index is 2.02. The van der Waals surface area contributed by atoms with Crippen LogP contribution in [-0.2, 0) is 11.3 Å². The van der Waals surface area contributed by atoms with Crippen LogP contribution in [0.2, 0.25) is 0 Å². The number of hydrogen-bond acceptors (Lipinski definition) is 5. The first-order valence-corrected chi connectivity index (χ1v) is 5.76. The summed E-state index contributed by atoms with van der Waals surface area (Å²) < 4.78 is 0. The lowest BCUT2D eigenvalue weighted by Gasteiger charge is -2.31. The number of piperazine rings is 1. The van der Waals surface area contributed by atoms with E-state index in [9.17, 15) is 4.79 Å². The second kappa shape index (κ2) is 4.16. The predicted molar refractivity (Wildman–Crippen MR) is 59.4 cm³/mol. The van der Waals surface area contributed by atoms with Gasteiger partial charge in [0.2, 0.25) is 5.91 Å². The minimum absolute atomic E-state index is 0.0818. The highest BCUT2D eigenvalue weighted by molar-refractivity contribution is 7.13. The van der Waals surface area contributed by atoms with Crippen molar-refractivity contribution in [1.29, 1.82) is 0 Å². The molecule has 1 aromatic heterocycles. The van der Waals surface area contributed by atoms with E-state index in [-0.39, 0.29) is 11.9 Å². The van der Waals surface area contributed by atoms with Crippen molar-refractivity contribution in [3.63, 3.8) is 0 Å². The molecular weight excluding hydrogens is 212 g/mol. The summed E-state index contributed by atoms with van der Waals surface area (Å²) in [7, 11) is 0. The summed E-state index contributed by atoms with van der Waals surface area (Å²) in [5.74, 6) is 0.0875. The number of nitrogen functional groups attached to an aromatic ring is 1. The zero-order chi connectivity index (χ0) is 10.8. The second-order valence-electron chi connectivity index (χ2n) is 3.61. The fourth-order valence-electron chi connectivity index (χ4n) is 1.65. The lowest BCUT2D eigenvalue weighted by molar-refractivity contribution is -0.128. The maximum atomic E-state index is 11.4. The molecular formula is C9H14N4OS. The summed E-state index contributed by atoms with van der Waals surface area (Å²) in [6, 6.07) is -0.0818. The van der Waals surface area contributed by atoms with E-state index in [2.05, 4.69) is 15.2 Å². The van der Waals surface area contributed by atoms with Crippen molar-refractivity contribution in [3.05, 3.63) is 11.1 Å². The Morgan fingerprint density at radius 1 is 1.80 bits per heavy atom. The van der Waals surface area contributed by atoms with E-state index in [1.165, 1.54) is 11.3 Å². The van der Waals surface area contributed by atoms with Gasteiger partial charge in [0, 0.05) is 25.0 Å². The van der Waals surface area contributed by atoms with Gasteiger partial charge < -0.3 is 11.1 Å². The van der Waals surface area contributed by atoms with Gasteiger partial charge in [-0.05, 0) is 6.92 Å². The molecule has 2 rings (SSSR count). The average molecular weight is 226 g/mol. The fourth-order valence-corrected chi connectivity index (χ4v) is 2.20. The Labute approximate surface area is 92.3 Å². The van der Waals surface area contributed by atoms with Crippen LogP contribution in [0.3, 0.4) is 0 Å². The number of aromatic nitrogens is 1. The summed E-state index contributed by atoms with van der Waals surface area (Å²) in [5.41, 5.74) is 6.50. The van der Waals surface area contributed by atoms with E-state index in [4.69, 9.17) is 5.73 Å². The standard InChI is InChI=1S/C9H14N4OS/c1-6-8(14)11-2-3-13(6)4-7-5-15-9(10)12-7/h5-6H,2-4H2,1H3,(H2,10,12)(H,11,14). The molecule has 1 atom stereocenters. The first kappa shape index (κ1) is 10.4. The number of hydrogen-bond donors (Lipinski definition) is 2. The smallest absolute Gasteiger partial charge is 0.237 e. The van der Waals surface area contributed by atoms with Crippen molar-refractivity contribution >= 4 is 22.4 Å². The molecule has 0 radical (unpaired) electrons. The molecule has 5 nitrogen and oxygen atoms in total. The molecule has 15 heavy (non-hydrogen) atoms. The molecule has 1 aromatic rings. The summed E-state index contributed by atoms with van der Waals surface area (Å²) in [6.45, 7) is 4.18. The van der Waals surface area contributed by atoms with Crippen molar-refractivity contribution in [2.75, 3.05) is 18.8 Å². The van der Waals surface area contributed by atoms with Crippen molar-refractivity contribution in [2.45, 2.75) is 19.5 Å². The molecule has 1 aliphatic rings. The van der Waals surface area contributed by atoms with Crippen LogP contribution >= 0.6 is 11.3 Å². The van der Waals surface area contributed by atoms with Gasteiger partial charge in [0.1, 0.15) is 0 Å². The maximum Gasteiger partial charge on any atom is 0.237 e. The SMILES string of the molecule is CC1C(=O)NCCN1Cc1csc(N)n1. The number of thiazole rings is 1. The van der Waals surface area contributed by atoms with Crippen LogP contribution in [0.25, 0.3) is 0 Å². The van der Waals surface area contributed by atoms with Crippen LogP contribution in [0, 0.1) is 0 Å². The summed E-state index contributed by atoms with van der Waals surface area (Å²) in [4.78, 5) is 17.7. The Morgan fingerprint density at radius 2 is 2.60 bits per heavy atom. The van der Waals surface area contributed by atoms with Gasteiger partial charge in [-0.15, -0.1) is 11.3 Å². The van der Waals surface area contributed by atoms with Gasteiger partial charge in [0.15, 0.2) is 5.13 Å². The Hall–Kier alpha value is -1.14. The zero-order valence-electron chi connectivity index (χ0n) is 8.56. The number of carbonyl (C=O) groups is 1. The van der Waals surface area contributed by atoms with Crippen molar-refractivity contribution < 1.29 is 4.79 Å². The quantitative estimate of drug-likeness (QED) is 0.747. The predicted octanol–water partition coefficient (Wildman–Crippen LogP) is 0.0456. The molecule has 0 aliphatic carbocycles. The van der Waals surface area contributed by atoms with E-state index in [0.29, 0.717) is 18.2 Å². The maximum absolute atomic E-state index is 11.4. The van der Waals surface area contributed by atoms with Crippen molar-refractivity contribution in [2.24, 2.45) is 0 Å². The second-order valence-corrected chi connectivity index (χ2v) is 4.50. The number of amides is 1. The topological polar surface area (TPSA) is 71.2 Å². The number of carbonyl (C=O) groups excluding carboxylic acids is 1. The van der Waals surface area contributed by atoms with Crippen molar-refractivity contribution in [1.82, 2.24) is 15.2 Å². The van der Waals surface area contributed by atoms with Gasteiger partial charge >= 0.3 is 0 Å². The molecule has 1 fully saturated rings. The highest BCUT2D eigenvalue weighted by Gasteiger charge is 2.25. The third-order valence-electron chi connectivity index (χ3n) is 2.56. The van der Waals surface area contributed by atoms with Gasteiger partial charge in [-0.2, -0.15) is 0 Å². The van der Waals surface area contributed by atoms with Gasteiger partial charge in [0.05, 0.1) is 11.7 Å². The Kier molecular flexibility index (Phi) is 2.88. The average Bonchev–Trinajstić information content (AvgIpc) is 2.59. The van der Waals surface area contributed by atoms with E-state index >= 15 is 0 Å². The minimum atomic E-state index is -0.0818. The first-order valence-electron chi connectivity index (χ1n) is 4.88. The molecule has 82 valence electrons. The monoisotopic (exact) mass is 226 g/mol. The van der Waals surface area contributed by atoms with Crippen LogP contribution in [0.1, 0.15) is 12.6 Å². The van der Waals surface area contributed by atoms with E-state index < -0.39 is 0 Å². The largest absolute Gasteiger partial charge is 0.375 e. The first-order chi connectivity index (χ1) is 7.16. The van der Waals surface area contributed by atoms with Crippen molar-refractivity contribution in [3.8, 4) is 0 Å². The van der Waals surface area contributed by atoms with Gasteiger partial charge in [-0.3, -0.25) is 9.69 Å². The summed E-state index contributed by atoms with van der Waals surface area (Å²) in [6.07, 6.45) is 0. The third kappa shape index (κ3) is 2.27. The van der Waals surface area contributed by atoms with Gasteiger partial charge in [-0.1, -0.05) is 0 Å². The third-order valence-corrected chi connectivity index (χ3v) is 3.28. The number of nitrogens with two attached hydrogens (primary N) is 1. The van der Waals surface area contributed by atoms with Crippen LogP contribution in [0.15, 0.2) is 5.38 Å². The van der Waals surface area contributed by atoms with E-state index in [1.807, 2.05) is 12.3 Å². The molecule has 1 amide bonds. The van der Waals surface area contributed by atoms with Crippen LogP contribution in [-0.4, -0.2) is 34.9 Å². The highest BCUT2D eigenvalue weighted by Crippen LogP contribution is 2.15. The minimum Gasteiger partial charge on any atom is -0.375 e. The molecule has 0 bridgehead atoms. The number of nitrogens with zero attached hydrogens (tertiary/aromatic N) is 2. The fraction of sp³-hybridized carbons (Fsp3) is 0.556. The molecule has 0 saturated carbocycles. The highest BCUT2D eigenvalue weighted by atomic mass is 32.1. The van der Waals surface area contributed by atoms with Gasteiger partial charge in [0.25, 0.3) is 0 Å². The number of nitrogens with one attached hydrogen (secondary N) is 1. The zero-order valence-corrected chi connectivity index (χ0v) is 9.38. The lowest BCUT2D eigenvalue weighted by Crippen LogP contribution is -2.53. The van der Waals surface area contributed by atoms with Gasteiger partial charge in [-0.25, -0.2) is 4.98 Å². The molecule has 6 heteroatoms. The molecule has 0 spiro atoms. The molecule has 0 aromatic carbocycles. The normalized spacial score (nSPS) is 22.7.